The van der Waals surface area contributed by atoms with Crippen LogP contribution in [0.15, 0.2) is 48.8 Å². The maximum absolute atomic E-state index is 12.1. The van der Waals surface area contributed by atoms with Gasteiger partial charge in [-0.3, -0.25) is 9.78 Å². The molecule has 0 aliphatic heterocycles. The minimum atomic E-state index is 0.127. The van der Waals surface area contributed by atoms with Crippen molar-refractivity contribution in [3.63, 3.8) is 0 Å². The van der Waals surface area contributed by atoms with Crippen molar-refractivity contribution in [3.05, 3.63) is 59.5 Å². The van der Waals surface area contributed by atoms with Gasteiger partial charge in [-0.1, -0.05) is 17.7 Å². The second-order valence-electron chi connectivity index (χ2n) is 5.72. The third kappa shape index (κ3) is 2.90. The van der Waals surface area contributed by atoms with Crippen LogP contribution in [0.25, 0.3) is 10.8 Å². The number of Topliss-reactive ketones (excluding diaryl/α,β-unsaturated/α-hetero) is 1. The number of rotatable bonds is 4. The molecule has 0 amide bonds. The number of nitrogens with one attached hydrogen (secondary N) is 1. The van der Waals surface area contributed by atoms with Gasteiger partial charge in [0, 0.05) is 34.4 Å². The lowest BCUT2D eigenvalue weighted by molar-refractivity contribution is 0.0963. The lowest BCUT2D eigenvalue weighted by atomic mass is 10.1. The monoisotopic (exact) mass is 323 g/mol. The standard InChI is InChI=1S/C18H14ClN3O/c19-13-4-3-11-5-7-21-18(15(11)9-13)22-14-6-8-20-16(10-14)17(23)12-1-2-12/h3-10,12H,1-2H2,(H,20,21,22). The van der Waals surface area contributed by atoms with Crippen LogP contribution in [0, 0.1) is 5.92 Å². The molecule has 23 heavy (non-hydrogen) atoms. The van der Waals surface area contributed by atoms with E-state index in [1.807, 2.05) is 30.3 Å². The van der Waals surface area contributed by atoms with E-state index in [0.29, 0.717) is 16.5 Å². The van der Waals surface area contributed by atoms with Gasteiger partial charge in [-0.25, -0.2) is 4.98 Å². The second kappa shape index (κ2) is 5.63. The fourth-order valence-corrected chi connectivity index (χ4v) is 2.75. The summed E-state index contributed by atoms with van der Waals surface area (Å²) in [5.74, 6) is 0.996. The molecule has 2 heterocycles. The minimum Gasteiger partial charge on any atom is -0.340 e. The Balaban J connectivity index is 1.69. The van der Waals surface area contributed by atoms with Crippen molar-refractivity contribution < 1.29 is 4.79 Å². The predicted molar refractivity (Wildman–Crippen MR) is 91.3 cm³/mol. The summed E-state index contributed by atoms with van der Waals surface area (Å²) in [4.78, 5) is 20.7. The van der Waals surface area contributed by atoms with Gasteiger partial charge in [0.05, 0.1) is 0 Å². The van der Waals surface area contributed by atoms with Crippen LogP contribution in [0.4, 0.5) is 11.5 Å². The fraction of sp³-hybridized carbons (Fsp3) is 0.167. The first-order chi connectivity index (χ1) is 11.2. The van der Waals surface area contributed by atoms with Crippen LogP contribution in [-0.2, 0) is 0 Å². The molecule has 0 saturated heterocycles. The summed E-state index contributed by atoms with van der Waals surface area (Å²) in [5, 5.41) is 5.91. The van der Waals surface area contributed by atoms with Gasteiger partial charge >= 0.3 is 0 Å². The third-order valence-electron chi connectivity index (χ3n) is 3.95. The second-order valence-corrected chi connectivity index (χ2v) is 6.15. The lowest BCUT2D eigenvalue weighted by Crippen LogP contribution is -2.05. The van der Waals surface area contributed by atoms with Gasteiger partial charge in [0.25, 0.3) is 0 Å². The molecular weight excluding hydrogens is 310 g/mol. The molecule has 1 N–H and O–H groups in total. The smallest absolute Gasteiger partial charge is 0.184 e. The van der Waals surface area contributed by atoms with Crippen molar-refractivity contribution in [2.24, 2.45) is 5.92 Å². The van der Waals surface area contributed by atoms with Crippen LogP contribution in [0.5, 0.6) is 0 Å². The molecule has 0 atom stereocenters. The Kier molecular flexibility index (Phi) is 3.46. The van der Waals surface area contributed by atoms with E-state index in [1.54, 1.807) is 18.5 Å². The maximum Gasteiger partial charge on any atom is 0.184 e. The molecule has 5 heteroatoms. The average molecular weight is 324 g/mol. The number of anilines is 2. The molecule has 1 aliphatic rings. The van der Waals surface area contributed by atoms with Gasteiger partial charge < -0.3 is 5.32 Å². The van der Waals surface area contributed by atoms with E-state index in [1.165, 1.54) is 0 Å². The Hall–Kier alpha value is -2.46. The first-order valence-electron chi connectivity index (χ1n) is 7.52. The molecule has 0 bridgehead atoms. The fourth-order valence-electron chi connectivity index (χ4n) is 2.57. The highest BCUT2D eigenvalue weighted by Crippen LogP contribution is 2.33. The van der Waals surface area contributed by atoms with E-state index in [0.717, 1.165) is 29.3 Å². The summed E-state index contributed by atoms with van der Waals surface area (Å²) in [5.41, 5.74) is 1.31. The van der Waals surface area contributed by atoms with Gasteiger partial charge in [-0.05, 0) is 48.6 Å². The van der Waals surface area contributed by atoms with E-state index in [2.05, 4.69) is 15.3 Å². The minimum absolute atomic E-state index is 0.127. The summed E-state index contributed by atoms with van der Waals surface area (Å²) in [6.45, 7) is 0. The summed E-state index contributed by atoms with van der Waals surface area (Å²) in [7, 11) is 0. The Morgan fingerprint density at radius 2 is 1.91 bits per heavy atom. The van der Waals surface area contributed by atoms with Crippen LogP contribution < -0.4 is 5.32 Å². The number of aromatic nitrogens is 2. The van der Waals surface area contributed by atoms with Crippen LogP contribution in [0.3, 0.4) is 0 Å². The van der Waals surface area contributed by atoms with Crippen molar-refractivity contribution in [3.8, 4) is 0 Å². The molecule has 1 aliphatic carbocycles. The van der Waals surface area contributed by atoms with Crippen molar-refractivity contribution in [1.29, 1.82) is 0 Å². The molecule has 1 aromatic carbocycles. The summed E-state index contributed by atoms with van der Waals surface area (Å²) >= 11 is 6.09. The number of hydrogen-bond donors (Lipinski definition) is 1. The van der Waals surface area contributed by atoms with E-state index in [4.69, 9.17) is 11.6 Å². The van der Waals surface area contributed by atoms with E-state index < -0.39 is 0 Å². The van der Waals surface area contributed by atoms with Crippen molar-refractivity contribution >= 4 is 39.7 Å². The molecule has 4 rings (SSSR count). The van der Waals surface area contributed by atoms with Crippen molar-refractivity contribution in [1.82, 2.24) is 9.97 Å². The highest BCUT2D eigenvalue weighted by atomic mass is 35.5. The Labute approximate surface area is 138 Å². The van der Waals surface area contributed by atoms with Gasteiger partial charge in [-0.15, -0.1) is 0 Å². The lowest BCUT2D eigenvalue weighted by Gasteiger charge is -2.10. The summed E-state index contributed by atoms with van der Waals surface area (Å²) < 4.78 is 0. The van der Waals surface area contributed by atoms with E-state index in [-0.39, 0.29) is 11.7 Å². The average Bonchev–Trinajstić information content (AvgIpc) is 3.40. The van der Waals surface area contributed by atoms with Crippen LogP contribution in [0.2, 0.25) is 5.02 Å². The Morgan fingerprint density at radius 1 is 1.09 bits per heavy atom. The van der Waals surface area contributed by atoms with Crippen molar-refractivity contribution in [2.75, 3.05) is 5.32 Å². The molecule has 0 radical (unpaired) electrons. The van der Waals surface area contributed by atoms with Crippen LogP contribution in [0.1, 0.15) is 23.3 Å². The molecular formula is C18H14ClN3O. The Morgan fingerprint density at radius 3 is 2.74 bits per heavy atom. The van der Waals surface area contributed by atoms with Crippen molar-refractivity contribution in [2.45, 2.75) is 12.8 Å². The molecule has 1 saturated carbocycles. The molecule has 114 valence electrons. The number of benzene rings is 1. The Bertz CT molecular complexity index is 906. The first-order valence-corrected chi connectivity index (χ1v) is 7.90. The molecule has 3 aromatic rings. The third-order valence-corrected chi connectivity index (χ3v) is 4.19. The molecule has 4 nitrogen and oxygen atoms in total. The molecule has 0 unspecified atom stereocenters. The number of ketones is 1. The summed E-state index contributed by atoms with van der Waals surface area (Å²) in [6, 6.07) is 11.2. The molecule has 2 aromatic heterocycles. The number of carbonyl (C=O) groups excluding carboxylic acids is 1. The van der Waals surface area contributed by atoms with Gasteiger partial charge in [0.1, 0.15) is 11.5 Å². The van der Waals surface area contributed by atoms with E-state index >= 15 is 0 Å². The maximum atomic E-state index is 12.1. The first kappa shape index (κ1) is 14.2. The van der Waals surface area contributed by atoms with Gasteiger partial charge in [0.2, 0.25) is 0 Å². The number of pyridine rings is 2. The van der Waals surface area contributed by atoms with Crippen LogP contribution in [-0.4, -0.2) is 15.8 Å². The predicted octanol–water partition coefficient (Wildman–Crippen LogP) is 4.62. The number of fused-ring (bicyclic) bond motifs is 1. The topological polar surface area (TPSA) is 54.9 Å². The van der Waals surface area contributed by atoms with Gasteiger partial charge in [0.15, 0.2) is 5.78 Å². The zero-order chi connectivity index (χ0) is 15.8. The number of nitrogens with zero attached hydrogens (tertiary/aromatic N) is 2. The van der Waals surface area contributed by atoms with Crippen LogP contribution >= 0.6 is 11.6 Å². The number of hydrogen-bond acceptors (Lipinski definition) is 4. The number of carbonyl (C=O) groups is 1. The van der Waals surface area contributed by atoms with E-state index in [9.17, 15) is 4.79 Å². The molecule has 1 fully saturated rings. The zero-order valence-corrected chi connectivity index (χ0v) is 13.0. The van der Waals surface area contributed by atoms with Gasteiger partial charge in [-0.2, -0.15) is 0 Å². The highest BCUT2D eigenvalue weighted by molar-refractivity contribution is 6.31. The SMILES string of the molecule is O=C(c1cc(Nc2nccc3ccc(Cl)cc23)ccn1)C1CC1. The summed E-state index contributed by atoms with van der Waals surface area (Å²) in [6.07, 6.45) is 5.34. The largest absolute Gasteiger partial charge is 0.340 e. The highest BCUT2D eigenvalue weighted by Gasteiger charge is 2.31. The zero-order valence-electron chi connectivity index (χ0n) is 12.3. The normalized spacial score (nSPS) is 14.0. The molecule has 0 spiro atoms. The number of halogens is 1. The quantitative estimate of drug-likeness (QED) is 0.712.